The van der Waals surface area contributed by atoms with Gasteiger partial charge in [-0.05, 0) is 0 Å². The summed E-state index contributed by atoms with van der Waals surface area (Å²) in [5.41, 5.74) is 0. The molecule has 0 aromatic heterocycles. The fourth-order valence-electron chi connectivity index (χ4n) is 6.72. The van der Waals surface area contributed by atoms with Crippen molar-refractivity contribution in [3.63, 3.8) is 0 Å². The van der Waals surface area contributed by atoms with Gasteiger partial charge in [-0.2, -0.15) is 50.5 Å². The van der Waals surface area contributed by atoms with Gasteiger partial charge < -0.3 is 74.0 Å². The van der Waals surface area contributed by atoms with Crippen molar-refractivity contribution in [3.05, 3.63) is 0 Å². The summed E-state index contributed by atoms with van der Waals surface area (Å²) in [6.45, 7) is -5.92. The maximum absolute atomic E-state index is 12.3. The lowest BCUT2D eigenvalue weighted by atomic mass is 9.95. The summed E-state index contributed by atoms with van der Waals surface area (Å²) in [5, 5.41) is 85.0. The first-order valence-electron chi connectivity index (χ1n) is 18.1. The van der Waals surface area contributed by atoms with E-state index < -0.39 is 212 Å². The highest BCUT2D eigenvalue weighted by molar-refractivity contribution is 7.82. The zero-order valence-corrected chi connectivity index (χ0v) is 38.2. The molecular formula is C24H42O39S6. The van der Waals surface area contributed by atoms with Crippen molar-refractivity contribution < 1.29 is 177 Å². The number of rotatable bonds is 22. The predicted molar refractivity (Wildman–Crippen MR) is 196 cm³/mol. The summed E-state index contributed by atoms with van der Waals surface area (Å²) >= 11 is 0. The van der Waals surface area contributed by atoms with E-state index in [1.807, 2.05) is 0 Å². The molecule has 0 bridgehead atoms. The van der Waals surface area contributed by atoms with Crippen molar-refractivity contribution in [1.29, 1.82) is 0 Å². The van der Waals surface area contributed by atoms with Crippen molar-refractivity contribution in [2.24, 2.45) is 0 Å². The highest BCUT2D eigenvalue weighted by Gasteiger charge is 2.59. The predicted octanol–water partition coefficient (Wildman–Crippen LogP) is -10.8. The first kappa shape index (κ1) is 60.2. The van der Waals surface area contributed by atoms with E-state index in [-0.39, 0.29) is 0 Å². The molecule has 0 aromatic carbocycles. The third-order valence-electron chi connectivity index (χ3n) is 9.44. The van der Waals surface area contributed by atoms with E-state index in [2.05, 4.69) is 25.1 Å². The number of ether oxygens (including phenoxy) is 7. The van der Waals surface area contributed by atoms with Gasteiger partial charge in [0.1, 0.15) is 73.2 Å². The standard InChI is InChI=1S/C24H42O39S6/c25-1-5-10(28)15(19(21(32)53-5)62-68(45,46)47)58-23-18(61-67(42,43)44)13(31)14(8(56-23)4-52-65(36,37)38)57-24-20(63-69(48,49)50)16(11(29)6(2-26)54-24)59-22-17(60-66(39,40)41)12(30)9(27)7(55-22)3-51-64(33,34)35/h5-32H,1-4H2,(H,33,34,35)(H,36,37,38)(H,39,40,41)(H,42,43,44)(H,45,46,47)(H,48,49,50)/t5-,6-,7-,8-,9+,10+,11+,12+,13+,14+,15+,16+,17-,18-,19-,20-,21-,22-,23-,24+/m1/s1. The highest BCUT2D eigenvalue weighted by Crippen LogP contribution is 2.38. The molecular weight excluding hydrogens is 1100 g/mol. The van der Waals surface area contributed by atoms with E-state index >= 15 is 0 Å². The lowest BCUT2D eigenvalue weighted by Crippen LogP contribution is -2.68. The minimum Gasteiger partial charge on any atom is -0.394 e. The Morgan fingerprint density at radius 1 is 0.333 bits per heavy atom. The molecule has 14 N–H and O–H groups in total. The fourth-order valence-corrected chi connectivity index (χ4v) is 9.27. The van der Waals surface area contributed by atoms with Crippen molar-refractivity contribution >= 4 is 62.4 Å². The van der Waals surface area contributed by atoms with Crippen LogP contribution in [0.3, 0.4) is 0 Å². The Hall–Kier alpha value is -1.38. The van der Waals surface area contributed by atoms with Gasteiger partial charge in [0.25, 0.3) is 0 Å². The lowest BCUT2D eigenvalue weighted by Gasteiger charge is -2.49. The van der Waals surface area contributed by atoms with Gasteiger partial charge >= 0.3 is 62.4 Å². The van der Waals surface area contributed by atoms with E-state index in [0.29, 0.717) is 0 Å². The van der Waals surface area contributed by atoms with E-state index in [1.165, 1.54) is 0 Å². The Morgan fingerprint density at radius 3 is 1.10 bits per heavy atom. The molecule has 0 aromatic rings. The smallest absolute Gasteiger partial charge is 0.394 e. The Balaban J connectivity index is 1.84. The van der Waals surface area contributed by atoms with Gasteiger partial charge in [0.05, 0.1) is 26.4 Å². The van der Waals surface area contributed by atoms with E-state index in [0.717, 1.165) is 0 Å². The van der Waals surface area contributed by atoms with Gasteiger partial charge in [-0.3, -0.25) is 27.3 Å². The van der Waals surface area contributed by atoms with Gasteiger partial charge in [0, 0.05) is 0 Å². The summed E-state index contributed by atoms with van der Waals surface area (Å²) < 4.78 is 260. The Morgan fingerprint density at radius 2 is 0.667 bits per heavy atom. The van der Waals surface area contributed by atoms with Crippen LogP contribution in [0.25, 0.3) is 0 Å². The Bertz CT molecular complexity index is 2400. The zero-order valence-electron chi connectivity index (χ0n) is 33.3. The molecule has 0 unspecified atom stereocenters. The number of aliphatic hydroxyl groups excluding tert-OH is 8. The summed E-state index contributed by atoms with van der Waals surface area (Å²) in [5.74, 6) is 0. The van der Waals surface area contributed by atoms with E-state index in [4.69, 9.17) is 37.7 Å². The number of hydrogen-bond donors (Lipinski definition) is 14. The first-order chi connectivity index (χ1) is 31.3. The minimum atomic E-state index is -6.03. The van der Waals surface area contributed by atoms with Crippen LogP contribution in [-0.2, 0) is 121 Å². The van der Waals surface area contributed by atoms with Gasteiger partial charge in [-0.1, -0.05) is 0 Å². The number of hydrogen-bond acceptors (Lipinski definition) is 33. The SMILES string of the molecule is O=S(=O)(O)OC[C@H]1O[C@H](O[C@H]2[C@@H](O)[C@@H](CO)O[C@@H](O[C@@H]3[C@H](O)[C@@H](OS(=O)(=O)O)[C@@H](O[C@H]4[C@@H](O)[C@@H](CO)O[C@@H](O)[C@@H]4OS(=O)(=O)O)O[C@@H]3COS(=O)(=O)O)[C@@H]2OS(=O)(=O)O)[C@H](OS(=O)(=O)O)[C@@H](O)[C@H]1O. The summed E-state index contributed by atoms with van der Waals surface area (Å²) in [7, 11) is -34.5. The number of aliphatic hydroxyl groups is 8. The van der Waals surface area contributed by atoms with Crippen LogP contribution in [0.5, 0.6) is 0 Å². The van der Waals surface area contributed by atoms with Crippen LogP contribution >= 0.6 is 0 Å². The Labute approximate surface area is 387 Å². The molecule has 4 aliphatic rings. The van der Waals surface area contributed by atoms with E-state index in [9.17, 15) is 114 Å². The molecule has 69 heavy (non-hydrogen) atoms. The van der Waals surface area contributed by atoms with Gasteiger partial charge in [-0.15, -0.1) is 0 Å². The normalized spacial score (nSPS) is 40.1. The second kappa shape index (κ2) is 23.0. The highest BCUT2D eigenvalue weighted by atomic mass is 32.3. The molecule has 0 amide bonds. The van der Waals surface area contributed by atoms with Gasteiger partial charge in [0.15, 0.2) is 49.6 Å². The third kappa shape index (κ3) is 17.4. The van der Waals surface area contributed by atoms with Gasteiger partial charge in [-0.25, -0.2) is 25.1 Å². The monoisotopic (exact) mass is 1150 g/mol. The lowest BCUT2D eigenvalue weighted by molar-refractivity contribution is -0.383. The largest absolute Gasteiger partial charge is 0.397 e. The zero-order chi connectivity index (χ0) is 52.6. The molecule has 4 heterocycles. The molecule has 4 aliphatic heterocycles. The summed E-state index contributed by atoms with van der Waals surface area (Å²) in [4.78, 5) is 0. The Kier molecular flexibility index (Phi) is 20.1. The molecule has 4 fully saturated rings. The van der Waals surface area contributed by atoms with Crippen LogP contribution in [0.2, 0.25) is 0 Å². The molecule has 0 aliphatic carbocycles. The van der Waals surface area contributed by atoms with Crippen molar-refractivity contribution in [2.45, 2.75) is 123 Å². The van der Waals surface area contributed by atoms with Crippen molar-refractivity contribution in [1.82, 2.24) is 0 Å². The van der Waals surface area contributed by atoms with Crippen LogP contribution in [0.1, 0.15) is 0 Å². The molecule has 408 valence electrons. The van der Waals surface area contributed by atoms with Gasteiger partial charge in [0.2, 0.25) is 0 Å². The van der Waals surface area contributed by atoms with Crippen LogP contribution in [0.4, 0.5) is 0 Å². The van der Waals surface area contributed by atoms with Crippen LogP contribution < -0.4 is 0 Å². The minimum absolute atomic E-state index is 1.24. The van der Waals surface area contributed by atoms with Crippen molar-refractivity contribution in [2.75, 3.05) is 26.4 Å². The maximum Gasteiger partial charge on any atom is 0.397 e. The van der Waals surface area contributed by atoms with Crippen LogP contribution in [0.15, 0.2) is 0 Å². The molecule has 0 spiro atoms. The maximum atomic E-state index is 12.3. The third-order valence-corrected chi connectivity index (χ3v) is 12.2. The average molecular weight is 1150 g/mol. The molecule has 4 rings (SSSR count). The summed E-state index contributed by atoms with van der Waals surface area (Å²) in [6.07, 6.45) is -53.2. The molecule has 4 saturated heterocycles. The quantitative estimate of drug-likeness (QED) is 0.0448. The molecule has 45 heteroatoms. The second-order valence-corrected chi connectivity index (χ2v) is 20.6. The molecule has 20 atom stereocenters. The van der Waals surface area contributed by atoms with Crippen LogP contribution in [-0.4, -0.2) is 268 Å². The fraction of sp³-hybridized carbons (Fsp3) is 1.00. The topological polar surface area (TPSA) is 608 Å². The summed E-state index contributed by atoms with van der Waals surface area (Å²) in [6, 6.07) is 0. The van der Waals surface area contributed by atoms with Crippen molar-refractivity contribution in [3.8, 4) is 0 Å². The molecule has 0 radical (unpaired) electrons. The van der Waals surface area contributed by atoms with Crippen LogP contribution in [0, 0.1) is 0 Å². The average Bonchev–Trinajstić information content (AvgIpc) is 3.17. The van der Waals surface area contributed by atoms with E-state index in [1.54, 1.807) is 0 Å². The first-order valence-corrected chi connectivity index (χ1v) is 26.3. The molecule has 0 saturated carbocycles. The molecule has 39 nitrogen and oxygen atoms in total. The second-order valence-electron chi connectivity index (χ2n) is 14.2.